The van der Waals surface area contributed by atoms with E-state index in [0.29, 0.717) is 19.3 Å². The zero-order valence-electron chi connectivity index (χ0n) is 5.96. The Morgan fingerprint density at radius 3 is 2.80 bits per heavy atom. The van der Waals surface area contributed by atoms with Crippen LogP contribution >= 0.6 is 0 Å². The van der Waals surface area contributed by atoms with Gasteiger partial charge < -0.3 is 15.8 Å². The number of carbonyl (C=O) groups excluding carboxylic acids is 2. The van der Waals surface area contributed by atoms with E-state index in [0.717, 1.165) is 0 Å². The summed E-state index contributed by atoms with van der Waals surface area (Å²) in [5.41, 5.74) is 5.24. The molecule has 0 aliphatic carbocycles. The molecule has 0 fully saturated rings. The Bertz CT molecular complexity index is 125. The lowest BCUT2D eigenvalue weighted by Crippen LogP contribution is -2.29. The first-order valence-electron chi connectivity index (χ1n) is 3.12. The van der Waals surface area contributed by atoms with Crippen LogP contribution in [0.3, 0.4) is 0 Å². The van der Waals surface area contributed by atoms with Gasteiger partial charge in [-0.2, -0.15) is 0 Å². The molecule has 4 heteroatoms. The van der Waals surface area contributed by atoms with Gasteiger partial charge in [-0.3, -0.25) is 4.79 Å². The lowest BCUT2D eigenvalue weighted by Gasteiger charge is -2.02. The summed E-state index contributed by atoms with van der Waals surface area (Å²) in [7, 11) is 0. The third-order valence-electron chi connectivity index (χ3n) is 1.03. The van der Waals surface area contributed by atoms with Crippen molar-refractivity contribution in [2.24, 2.45) is 5.73 Å². The molecule has 0 rings (SSSR count). The molecule has 58 valence electrons. The normalized spacial score (nSPS) is 12.2. The smallest absolute Gasteiger partial charge is 0.216 e. The van der Waals surface area contributed by atoms with Gasteiger partial charge in [0.15, 0.2) is 0 Å². The van der Waals surface area contributed by atoms with Crippen molar-refractivity contribution in [3.63, 3.8) is 0 Å². The highest BCUT2D eigenvalue weighted by Crippen LogP contribution is 1.79. The number of hydrogen-bond donors (Lipinski definition) is 2. The summed E-state index contributed by atoms with van der Waals surface area (Å²) in [5, 5.41) is 2.53. The minimum atomic E-state index is -0.452. The second kappa shape index (κ2) is 4.93. The highest BCUT2D eigenvalue weighted by molar-refractivity contribution is 5.72. The number of amides is 1. The summed E-state index contributed by atoms with van der Waals surface area (Å²) in [6, 6.07) is -0.452. The molecule has 10 heavy (non-hydrogen) atoms. The van der Waals surface area contributed by atoms with Crippen molar-refractivity contribution in [1.29, 1.82) is 0 Å². The molecule has 0 aliphatic rings. The van der Waals surface area contributed by atoms with Gasteiger partial charge in [-0.15, -0.1) is 0 Å². The average Bonchev–Trinajstić information content (AvgIpc) is 1.87. The lowest BCUT2D eigenvalue weighted by molar-refractivity contribution is -0.119. The van der Waals surface area contributed by atoms with Gasteiger partial charge in [0.1, 0.15) is 6.29 Å². The Balaban J connectivity index is 3.19. The predicted molar refractivity (Wildman–Crippen MR) is 37.3 cm³/mol. The third kappa shape index (κ3) is 5.24. The van der Waals surface area contributed by atoms with Crippen molar-refractivity contribution in [3.8, 4) is 0 Å². The molecule has 0 aromatic rings. The maximum absolute atomic E-state index is 10.3. The summed E-state index contributed by atoms with van der Waals surface area (Å²) in [6.45, 7) is 1.89. The van der Waals surface area contributed by atoms with E-state index in [1.54, 1.807) is 0 Å². The van der Waals surface area contributed by atoms with E-state index in [-0.39, 0.29) is 5.91 Å². The van der Waals surface area contributed by atoms with Crippen LogP contribution in [0.4, 0.5) is 0 Å². The van der Waals surface area contributed by atoms with Gasteiger partial charge in [0.05, 0.1) is 6.04 Å². The predicted octanol–water partition coefficient (Wildman–Crippen LogP) is -0.961. The SMILES string of the molecule is CC(=O)NCC[C@H](N)C=O. The molecule has 0 bridgehead atoms. The molecule has 0 aromatic carbocycles. The molecule has 0 aromatic heterocycles. The van der Waals surface area contributed by atoms with Crippen molar-refractivity contribution < 1.29 is 9.59 Å². The average molecular weight is 144 g/mol. The Kier molecular flexibility index (Phi) is 4.49. The zero-order valence-corrected chi connectivity index (χ0v) is 5.96. The summed E-state index contributed by atoms with van der Waals surface area (Å²) >= 11 is 0. The van der Waals surface area contributed by atoms with Crippen LogP contribution < -0.4 is 11.1 Å². The topological polar surface area (TPSA) is 72.2 Å². The van der Waals surface area contributed by atoms with Gasteiger partial charge in [-0.1, -0.05) is 0 Å². The van der Waals surface area contributed by atoms with Crippen molar-refractivity contribution >= 4 is 12.2 Å². The fraction of sp³-hybridized carbons (Fsp3) is 0.667. The van der Waals surface area contributed by atoms with Gasteiger partial charge in [0.2, 0.25) is 5.91 Å². The summed E-state index contributed by atoms with van der Waals surface area (Å²) in [6.07, 6.45) is 1.17. The fourth-order valence-electron chi connectivity index (χ4n) is 0.483. The summed E-state index contributed by atoms with van der Waals surface area (Å²) < 4.78 is 0. The van der Waals surface area contributed by atoms with E-state index in [2.05, 4.69) is 5.32 Å². The van der Waals surface area contributed by atoms with Crippen LogP contribution in [0, 0.1) is 0 Å². The summed E-state index contributed by atoms with van der Waals surface area (Å²) in [5.74, 6) is -0.0990. The first-order valence-corrected chi connectivity index (χ1v) is 3.12. The molecular weight excluding hydrogens is 132 g/mol. The monoisotopic (exact) mass is 144 g/mol. The van der Waals surface area contributed by atoms with Gasteiger partial charge in [0.25, 0.3) is 0 Å². The number of aldehydes is 1. The maximum atomic E-state index is 10.3. The Labute approximate surface area is 59.8 Å². The number of carbonyl (C=O) groups is 2. The Morgan fingerprint density at radius 1 is 1.80 bits per heavy atom. The van der Waals surface area contributed by atoms with Crippen LogP contribution in [0.5, 0.6) is 0 Å². The Hall–Kier alpha value is -0.900. The molecule has 4 nitrogen and oxygen atoms in total. The number of rotatable bonds is 4. The quantitative estimate of drug-likeness (QED) is 0.499. The van der Waals surface area contributed by atoms with Crippen LogP contribution in [-0.2, 0) is 9.59 Å². The highest BCUT2D eigenvalue weighted by Gasteiger charge is 1.98. The van der Waals surface area contributed by atoms with Crippen molar-refractivity contribution in [3.05, 3.63) is 0 Å². The molecule has 0 spiro atoms. The first kappa shape index (κ1) is 9.10. The maximum Gasteiger partial charge on any atom is 0.216 e. The van der Waals surface area contributed by atoms with Gasteiger partial charge >= 0.3 is 0 Å². The molecule has 0 saturated carbocycles. The molecule has 3 N–H and O–H groups in total. The number of hydrogen-bond acceptors (Lipinski definition) is 3. The second-order valence-corrected chi connectivity index (χ2v) is 2.07. The molecule has 1 atom stereocenters. The van der Waals surface area contributed by atoms with Gasteiger partial charge in [0, 0.05) is 13.5 Å². The number of nitrogens with two attached hydrogens (primary N) is 1. The molecule has 0 saturated heterocycles. The van der Waals surface area contributed by atoms with E-state index < -0.39 is 6.04 Å². The minimum absolute atomic E-state index is 0.0990. The summed E-state index contributed by atoms with van der Waals surface area (Å²) in [4.78, 5) is 20.2. The standard InChI is InChI=1S/C6H12N2O2/c1-5(10)8-3-2-6(7)4-9/h4,6H,2-3,7H2,1H3,(H,8,10)/t6-/m0/s1. The van der Waals surface area contributed by atoms with E-state index in [4.69, 9.17) is 5.73 Å². The Morgan fingerprint density at radius 2 is 2.40 bits per heavy atom. The van der Waals surface area contributed by atoms with Gasteiger partial charge in [-0.05, 0) is 6.42 Å². The van der Waals surface area contributed by atoms with E-state index >= 15 is 0 Å². The third-order valence-corrected chi connectivity index (χ3v) is 1.03. The van der Waals surface area contributed by atoms with Gasteiger partial charge in [-0.25, -0.2) is 0 Å². The van der Waals surface area contributed by atoms with Crippen molar-refractivity contribution in [2.45, 2.75) is 19.4 Å². The van der Waals surface area contributed by atoms with E-state index in [9.17, 15) is 9.59 Å². The van der Waals surface area contributed by atoms with Crippen LogP contribution in [-0.4, -0.2) is 24.8 Å². The fourth-order valence-corrected chi connectivity index (χ4v) is 0.483. The number of nitrogens with one attached hydrogen (secondary N) is 1. The minimum Gasteiger partial charge on any atom is -0.356 e. The molecule has 0 unspecified atom stereocenters. The van der Waals surface area contributed by atoms with Crippen LogP contribution in [0.15, 0.2) is 0 Å². The second-order valence-electron chi connectivity index (χ2n) is 2.07. The van der Waals surface area contributed by atoms with E-state index in [1.165, 1.54) is 6.92 Å². The van der Waals surface area contributed by atoms with Crippen LogP contribution in [0.25, 0.3) is 0 Å². The van der Waals surface area contributed by atoms with Crippen molar-refractivity contribution in [1.82, 2.24) is 5.32 Å². The first-order chi connectivity index (χ1) is 4.66. The van der Waals surface area contributed by atoms with E-state index in [1.807, 2.05) is 0 Å². The molecule has 1 amide bonds. The molecule has 0 radical (unpaired) electrons. The van der Waals surface area contributed by atoms with Crippen LogP contribution in [0.1, 0.15) is 13.3 Å². The zero-order chi connectivity index (χ0) is 7.98. The largest absolute Gasteiger partial charge is 0.356 e. The molecule has 0 heterocycles. The van der Waals surface area contributed by atoms with Crippen LogP contribution in [0.2, 0.25) is 0 Å². The molecular formula is C6H12N2O2. The van der Waals surface area contributed by atoms with Crippen molar-refractivity contribution in [2.75, 3.05) is 6.54 Å². The molecule has 0 aliphatic heterocycles. The lowest BCUT2D eigenvalue weighted by atomic mass is 10.2. The highest BCUT2D eigenvalue weighted by atomic mass is 16.1.